The van der Waals surface area contributed by atoms with Crippen LogP contribution in [0.2, 0.25) is 0 Å². The predicted molar refractivity (Wildman–Crippen MR) is 102 cm³/mol. The Kier molecular flexibility index (Phi) is 4.78. The third-order valence-corrected chi connectivity index (χ3v) is 4.13. The van der Waals surface area contributed by atoms with Gasteiger partial charge in [-0.25, -0.2) is 4.68 Å². The van der Waals surface area contributed by atoms with E-state index in [2.05, 4.69) is 15.6 Å². The van der Waals surface area contributed by atoms with Crippen LogP contribution in [0.5, 0.6) is 0 Å². The first-order valence-corrected chi connectivity index (χ1v) is 8.70. The van der Waals surface area contributed by atoms with Crippen molar-refractivity contribution in [2.45, 2.75) is 6.42 Å². The lowest BCUT2D eigenvalue weighted by Gasteiger charge is -2.01. The summed E-state index contributed by atoms with van der Waals surface area (Å²) in [5, 5.41) is 11.2. The Labute approximate surface area is 156 Å². The Morgan fingerprint density at radius 2 is 1.74 bits per heavy atom. The number of aromatic nitrogens is 3. The molecule has 0 fully saturated rings. The zero-order valence-electron chi connectivity index (χ0n) is 14.6. The summed E-state index contributed by atoms with van der Waals surface area (Å²) in [5.41, 5.74) is 3.06. The maximum atomic E-state index is 12.2. The molecule has 4 aromatic rings. The normalized spacial score (nSPS) is 10.7. The molecule has 0 saturated carbocycles. The molecule has 27 heavy (non-hydrogen) atoms. The zero-order valence-corrected chi connectivity index (χ0v) is 14.6. The molecule has 2 heterocycles. The molecule has 2 aromatic heterocycles. The smallest absolute Gasteiger partial charge is 0.273 e. The molecule has 1 N–H and O–H groups in total. The van der Waals surface area contributed by atoms with E-state index in [4.69, 9.17) is 4.52 Å². The van der Waals surface area contributed by atoms with E-state index >= 15 is 0 Å². The van der Waals surface area contributed by atoms with E-state index in [1.165, 1.54) is 0 Å². The average molecular weight is 358 g/mol. The number of carbonyl (C=O) groups excluding carboxylic acids is 1. The maximum absolute atomic E-state index is 12.2. The second-order valence-corrected chi connectivity index (χ2v) is 6.04. The summed E-state index contributed by atoms with van der Waals surface area (Å²) in [6, 6.07) is 23.0. The minimum absolute atomic E-state index is 0.261. The molecule has 0 saturated heterocycles. The molecule has 0 atom stereocenters. The number of nitrogens with one attached hydrogen (secondary N) is 1. The Morgan fingerprint density at radius 3 is 2.52 bits per heavy atom. The van der Waals surface area contributed by atoms with Crippen LogP contribution in [0.3, 0.4) is 0 Å². The van der Waals surface area contributed by atoms with Crippen LogP contribution >= 0.6 is 0 Å². The van der Waals surface area contributed by atoms with Crippen LogP contribution in [-0.4, -0.2) is 27.4 Å². The molecule has 0 radical (unpaired) electrons. The van der Waals surface area contributed by atoms with Crippen LogP contribution in [0.1, 0.15) is 16.2 Å². The van der Waals surface area contributed by atoms with Gasteiger partial charge in [-0.3, -0.25) is 4.79 Å². The SMILES string of the molecule is O=C(NCCc1ccn(-c2ccccc2)n1)c1cc(-c2ccccc2)on1. The fourth-order valence-corrected chi connectivity index (χ4v) is 2.73. The van der Waals surface area contributed by atoms with Crippen molar-refractivity contribution >= 4 is 5.91 Å². The first kappa shape index (κ1) is 16.8. The first-order chi connectivity index (χ1) is 13.3. The third kappa shape index (κ3) is 3.95. The van der Waals surface area contributed by atoms with Crippen LogP contribution in [-0.2, 0) is 6.42 Å². The van der Waals surface area contributed by atoms with Gasteiger partial charge in [-0.1, -0.05) is 53.7 Å². The average Bonchev–Trinajstić information content (AvgIpc) is 3.39. The molecule has 0 aliphatic heterocycles. The number of nitrogens with zero attached hydrogens (tertiary/aromatic N) is 3. The van der Waals surface area contributed by atoms with Gasteiger partial charge in [0, 0.05) is 30.8 Å². The van der Waals surface area contributed by atoms with Gasteiger partial charge in [0.15, 0.2) is 11.5 Å². The van der Waals surface area contributed by atoms with Gasteiger partial charge >= 0.3 is 0 Å². The quantitative estimate of drug-likeness (QED) is 0.572. The summed E-state index contributed by atoms with van der Waals surface area (Å²) in [5.74, 6) is 0.311. The maximum Gasteiger partial charge on any atom is 0.273 e. The van der Waals surface area contributed by atoms with E-state index in [-0.39, 0.29) is 11.6 Å². The van der Waals surface area contributed by atoms with Crippen molar-refractivity contribution in [2.75, 3.05) is 6.54 Å². The molecule has 4 rings (SSSR count). The number of hydrogen-bond acceptors (Lipinski definition) is 4. The van der Waals surface area contributed by atoms with Gasteiger partial charge < -0.3 is 9.84 Å². The lowest BCUT2D eigenvalue weighted by Crippen LogP contribution is -2.26. The molecule has 0 unspecified atom stereocenters. The molecular weight excluding hydrogens is 340 g/mol. The summed E-state index contributed by atoms with van der Waals surface area (Å²) in [7, 11) is 0. The summed E-state index contributed by atoms with van der Waals surface area (Å²) in [4.78, 5) is 12.2. The van der Waals surface area contributed by atoms with E-state index in [0.29, 0.717) is 18.7 Å². The summed E-state index contributed by atoms with van der Waals surface area (Å²) < 4.78 is 7.08. The zero-order chi connectivity index (χ0) is 18.5. The number of hydrogen-bond donors (Lipinski definition) is 1. The molecule has 6 heteroatoms. The largest absolute Gasteiger partial charge is 0.355 e. The third-order valence-electron chi connectivity index (χ3n) is 4.13. The molecule has 0 aliphatic carbocycles. The minimum Gasteiger partial charge on any atom is -0.355 e. The van der Waals surface area contributed by atoms with Gasteiger partial charge in [0.25, 0.3) is 5.91 Å². The monoisotopic (exact) mass is 358 g/mol. The van der Waals surface area contributed by atoms with Crippen LogP contribution in [0.25, 0.3) is 17.0 Å². The van der Waals surface area contributed by atoms with Crippen LogP contribution in [0, 0.1) is 0 Å². The van der Waals surface area contributed by atoms with E-state index in [1.807, 2.05) is 77.6 Å². The standard InChI is InChI=1S/C21H18N4O2/c26-21(19-15-20(27-24-19)16-7-3-1-4-8-16)22-13-11-17-12-14-25(23-17)18-9-5-2-6-10-18/h1-10,12,14-15H,11,13H2,(H,22,26). The summed E-state index contributed by atoms with van der Waals surface area (Å²) >= 11 is 0. The van der Waals surface area contributed by atoms with Gasteiger partial charge in [-0.2, -0.15) is 5.10 Å². The highest BCUT2D eigenvalue weighted by Gasteiger charge is 2.13. The Morgan fingerprint density at radius 1 is 1.00 bits per heavy atom. The van der Waals surface area contributed by atoms with Gasteiger partial charge in [0.05, 0.1) is 11.4 Å². The van der Waals surface area contributed by atoms with Gasteiger partial charge in [-0.05, 0) is 18.2 Å². The van der Waals surface area contributed by atoms with E-state index in [9.17, 15) is 4.79 Å². The molecule has 6 nitrogen and oxygen atoms in total. The van der Waals surface area contributed by atoms with E-state index in [0.717, 1.165) is 16.9 Å². The Bertz CT molecular complexity index is 1020. The van der Waals surface area contributed by atoms with Crippen LogP contribution in [0.15, 0.2) is 83.5 Å². The number of benzene rings is 2. The minimum atomic E-state index is -0.261. The lowest BCUT2D eigenvalue weighted by molar-refractivity contribution is 0.0945. The molecule has 0 spiro atoms. The summed E-state index contributed by atoms with van der Waals surface area (Å²) in [6.07, 6.45) is 2.55. The van der Waals surface area contributed by atoms with Crippen molar-refractivity contribution in [1.82, 2.24) is 20.3 Å². The van der Waals surface area contributed by atoms with E-state index in [1.54, 1.807) is 6.07 Å². The van der Waals surface area contributed by atoms with Crippen molar-refractivity contribution in [2.24, 2.45) is 0 Å². The highest BCUT2D eigenvalue weighted by Crippen LogP contribution is 2.19. The molecule has 1 amide bonds. The topological polar surface area (TPSA) is 73.0 Å². The fourth-order valence-electron chi connectivity index (χ4n) is 2.73. The summed E-state index contributed by atoms with van der Waals surface area (Å²) in [6.45, 7) is 0.470. The van der Waals surface area contributed by atoms with Gasteiger partial charge in [-0.15, -0.1) is 0 Å². The van der Waals surface area contributed by atoms with Crippen molar-refractivity contribution in [3.05, 3.63) is 90.4 Å². The van der Waals surface area contributed by atoms with Crippen molar-refractivity contribution < 1.29 is 9.32 Å². The molecular formula is C21H18N4O2. The van der Waals surface area contributed by atoms with Crippen molar-refractivity contribution in [3.8, 4) is 17.0 Å². The fraction of sp³-hybridized carbons (Fsp3) is 0.0952. The Balaban J connectivity index is 1.33. The molecule has 134 valence electrons. The van der Waals surface area contributed by atoms with Gasteiger partial charge in [0.2, 0.25) is 0 Å². The van der Waals surface area contributed by atoms with Crippen molar-refractivity contribution in [3.63, 3.8) is 0 Å². The molecule has 2 aromatic carbocycles. The number of amides is 1. The lowest BCUT2D eigenvalue weighted by atomic mass is 10.1. The number of carbonyl (C=O) groups is 1. The number of rotatable bonds is 6. The van der Waals surface area contributed by atoms with Gasteiger partial charge in [0.1, 0.15) is 0 Å². The second-order valence-electron chi connectivity index (χ2n) is 6.04. The Hall–Kier alpha value is -3.67. The highest BCUT2D eigenvalue weighted by molar-refractivity contribution is 5.93. The second kappa shape index (κ2) is 7.70. The van der Waals surface area contributed by atoms with Crippen LogP contribution in [0.4, 0.5) is 0 Å². The van der Waals surface area contributed by atoms with Crippen LogP contribution < -0.4 is 5.32 Å². The molecule has 0 bridgehead atoms. The van der Waals surface area contributed by atoms with E-state index < -0.39 is 0 Å². The first-order valence-electron chi connectivity index (χ1n) is 8.70. The highest BCUT2D eigenvalue weighted by atomic mass is 16.5. The predicted octanol–water partition coefficient (Wildman–Crippen LogP) is 3.50. The number of para-hydroxylation sites is 1. The molecule has 0 aliphatic rings. The van der Waals surface area contributed by atoms with Crippen molar-refractivity contribution in [1.29, 1.82) is 0 Å².